The van der Waals surface area contributed by atoms with E-state index < -0.39 is 29.6 Å². The molecule has 0 saturated carbocycles. The summed E-state index contributed by atoms with van der Waals surface area (Å²) in [6, 6.07) is 10.2. The van der Waals surface area contributed by atoms with Gasteiger partial charge in [0, 0.05) is 23.7 Å². The maximum Gasteiger partial charge on any atom is 0.327 e. The summed E-state index contributed by atoms with van der Waals surface area (Å²) in [6.45, 7) is 7.21. The van der Waals surface area contributed by atoms with E-state index >= 15 is 0 Å². The fourth-order valence-corrected chi connectivity index (χ4v) is 3.83. The van der Waals surface area contributed by atoms with Crippen LogP contribution in [0.3, 0.4) is 0 Å². The third-order valence-electron chi connectivity index (χ3n) is 5.32. The minimum atomic E-state index is -0.533. The highest BCUT2D eigenvalue weighted by Gasteiger charge is 2.47. The summed E-state index contributed by atoms with van der Waals surface area (Å²) >= 11 is 0. The number of benzene rings is 1. The Morgan fingerprint density at radius 2 is 1.59 bits per heavy atom. The average Bonchev–Trinajstić information content (AvgIpc) is 3.22. The molecule has 0 atom stereocenters. The number of nitrogens with zero attached hydrogens (tertiary/aromatic N) is 4. The van der Waals surface area contributed by atoms with E-state index in [9.17, 15) is 19.1 Å². The zero-order valence-corrected chi connectivity index (χ0v) is 18.2. The minimum absolute atomic E-state index is 0.0296. The van der Waals surface area contributed by atoms with Gasteiger partial charge < -0.3 is 5.11 Å². The van der Waals surface area contributed by atoms with Gasteiger partial charge in [0.1, 0.15) is 11.4 Å². The van der Waals surface area contributed by atoms with E-state index in [2.05, 4.69) is 5.10 Å². The summed E-state index contributed by atoms with van der Waals surface area (Å²) in [5.41, 5.74) is 1.01. The minimum Gasteiger partial charge on any atom is -0.858 e. The van der Waals surface area contributed by atoms with E-state index in [0.29, 0.717) is 11.4 Å². The van der Waals surface area contributed by atoms with E-state index in [1.165, 1.54) is 24.3 Å². The highest BCUT2D eigenvalue weighted by atomic mass is 19.1. The molecule has 0 bridgehead atoms. The first-order valence-corrected chi connectivity index (χ1v) is 10.4. The number of hydrogen-bond donors (Lipinski definition) is 0. The molecule has 4 rings (SSSR count). The average molecular weight is 434 g/mol. The highest BCUT2D eigenvalue weighted by molar-refractivity contribution is 6.45. The summed E-state index contributed by atoms with van der Waals surface area (Å²) in [5, 5.41) is 18.0. The van der Waals surface area contributed by atoms with Crippen molar-refractivity contribution < 1.29 is 23.7 Å². The number of carbonyl (C=O) groups excluding carboxylic acids is 2. The topological polar surface area (TPSA) is 82.1 Å². The lowest BCUT2D eigenvalue weighted by Gasteiger charge is -2.19. The van der Waals surface area contributed by atoms with Crippen molar-refractivity contribution in [2.45, 2.75) is 39.7 Å². The molecule has 0 aliphatic carbocycles. The predicted octanol–water partition coefficient (Wildman–Crippen LogP) is 2.64. The number of aromatic nitrogens is 3. The van der Waals surface area contributed by atoms with Crippen molar-refractivity contribution in [2.24, 2.45) is 0 Å². The molecule has 1 aliphatic rings. The van der Waals surface area contributed by atoms with Gasteiger partial charge >= 0.3 is 5.91 Å². The van der Waals surface area contributed by atoms with Crippen molar-refractivity contribution in [2.75, 3.05) is 0 Å². The van der Waals surface area contributed by atoms with Crippen LogP contribution in [0.1, 0.15) is 44.9 Å². The van der Waals surface area contributed by atoms with Gasteiger partial charge in [-0.1, -0.05) is 19.9 Å². The zero-order chi connectivity index (χ0) is 23.2. The molecule has 8 heteroatoms. The normalized spacial score (nSPS) is 14.4. The summed E-state index contributed by atoms with van der Waals surface area (Å²) in [4.78, 5) is 27.9. The summed E-state index contributed by atoms with van der Waals surface area (Å²) in [6.07, 6.45) is 3.32. The van der Waals surface area contributed by atoms with Crippen LogP contribution < -0.4 is 9.67 Å². The maximum absolute atomic E-state index is 13.6. The molecular formula is C24H23FN4O3. The number of imide groups is 1. The van der Waals surface area contributed by atoms with Gasteiger partial charge in [-0.25, -0.2) is 9.07 Å². The van der Waals surface area contributed by atoms with Gasteiger partial charge in [-0.3, -0.25) is 14.5 Å². The first kappa shape index (κ1) is 21.4. The van der Waals surface area contributed by atoms with Crippen LogP contribution in [0.4, 0.5) is 4.39 Å². The second kappa shape index (κ2) is 8.03. The molecule has 0 fully saturated rings. The van der Waals surface area contributed by atoms with Gasteiger partial charge in [-0.2, -0.15) is 9.67 Å². The van der Waals surface area contributed by atoms with Gasteiger partial charge in [-0.05, 0) is 49.9 Å². The Hall–Kier alpha value is -3.81. The smallest absolute Gasteiger partial charge is 0.327 e. The van der Waals surface area contributed by atoms with Crippen molar-refractivity contribution in [3.63, 3.8) is 0 Å². The molecule has 3 aromatic rings. The third kappa shape index (κ3) is 3.37. The van der Waals surface area contributed by atoms with E-state index in [1.807, 2.05) is 13.8 Å². The van der Waals surface area contributed by atoms with Crippen LogP contribution in [-0.4, -0.2) is 32.5 Å². The monoisotopic (exact) mass is 434 g/mol. The lowest BCUT2D eigenvalue weighted by Crippen LogP contribution is -2.42. The van der Waals surface area contributed by atoms with Crippen LogP contribution in [0, 0.1) is 5.82 Å². The summed E-state index contributed by atoms with van der Waals surface area (Å²) in [7, 11) is 0. The van der Waals surface area contributed by atoms with Gasteiger partial charge in [0.25, 0.3) is 11.6 Å². The van der Waals surface area contributed by atoms with E-state index in [-0.39, 0.29) is 22.8 Å². The second-order valence-electron chi connectivity index (χ2n) is 8.19. The molecule has 3 heterocycles. The molecular weight excluding hydrogens is 411 g/mol. The molecule has 0 radical (unpaired) electrons. The molecule has 2 aromatic heterocycles. The van der Waals surface area contributed by atoms with Crippen LogP contribution in [-0.2, 0) is 9.59 Å². The first-order valence-electron chi connectivity index (χ1n) is 10.4. The van der Waals surface area contributed by atoms with E-state index in [1.54, 1.807) is 49.0 Å². The Labute approximate surface area is 185 Å². The number of rotatable bonds is 5. The van der Waals surface area contributed by atoms with Crippen LogP contribution in [0.25, 0.3) is 17.0 Å². The van der Waals surface area contributed by atoms with Crippen LogP contribution in [0.5, 0.6) is 5.88 Å². The maximum atomic E-state index is 13.6. The second-order valence-corrected chi connectivity index (χ2v) is 8.19. The molecule has 1 aromatic carbocycles. The molecule has 32 heavy (non-hydrogen) atoms. The number of hydrogen-bond acceptors (Lipinski definition) is 4. The third-order valence-corrected chi connectivity index (χ3v) is 5.32. The molecule has 0 saturated heterocycles. The van der Waals surface area contributed by atoms with Crippen LogP contribution in [0.2, 0.25) is 0 Å². The van der Waals surface area contributed by atoms with Gasteiger partial charge in [0.15, 0.2) is 12.4 Å². The molecule has 1 aliphatic heterocycles. The largest absolute Gasteiger partial charge is 0.858 e. The number of amides is 2. The van der Waals surface area contributed by atoms with Gasteiger partial charge in [0.2, 0.25) is 0 Å². The Balaban J connectivity index is 2.03. The Bertz CT molecular complexity index is 1230. The molecule has 164 valence electrons. The van der Waals surface area contributed by atoms with Crippen molar-refractivity contribution in [1.29, 1.82) is 0 Å². The Morgan fingerprint density at radius 1 is 0.969 bits per heavy atom. The van der Waals surface area contributed by atoms with Gasteiger partial charge in [-0.15, -0.1) is 0 Å². The van der Waals surface area contributed by atoms with Crippen molar-refractivity contribution in [1.82, 2.24) is 14.7 Å². The fraction of sp³-hybridized carbons (Fsp3) is 0.250. The lowest BCUT2D eigenvalue weighted by molar-refractivity contribution is -0.576. The number of halogens is 1. The highest BCUT2D eigenvalue weighted by Crippen LogP contribution is 2.39. The Kier molecular flexibility index (Phi) is 5.38. The van der Waals surface area contributed by atoms with Gasteiger partial charge in [0.05, 0.1) is 11.4 Å². The molecule has 0 spiro atoms. The fourth-order valence-electron chi connectivity index (χ4n) is 3.83. The lowest BCUT2D eigenvalue weighted by atomic mass is 9.98. The SMILES string of the molecule is CC(C)c1nn(-c2ccc(F)cc2)c([O-])c1C1=C([n+]2ccccc2)C(=O)N(C(C)C)C1=O. The molecule has 2 amide bonds. The summed E-state index contributed by atoms with van der Waals surface area (Å²) in [5.74, 6) is -2.18. The van der Waals surface area contributed by atoms with Crippen molar-refractivity contribution in [3.8, 4) is 11.6 Å². The standard InChI is InChI=1S/C24H23FN4O3/c1-14(2)20-18(23(31)29(26-20)17-10-8-16(25)9-11-17)19-21(27-12-6-5-7-13-27)24(32)28(15(3)4)22(19)30/h5-15H,1-4H3. The van der Waals surface area contributed by atoms with E-state index in [4.69, 9.17) is 0 Å². The summed E-state index contributed by atoms with van der Waals surface area (Å²) < 4.78 is 16.1. The van der Waals surface area contributed by atoms with Crippen LogP contribution in [0.15, 0.2) is 54.9 Å². The molecule has 7 nitrogen and oxygen atoms in total. The molecule has 0 N–H and O–H groups in total. The van der Waals surface area contributed by atoms with Crippen LogP contribution >= 0.6 is 0 Å². The number of carbonyl (C=O) groups is 2. The van der Waals surface area contributed by atoms with E-state index in [0.717, 1.165) is 9.58 Å². The quantitative estimate of drug-likeness (QED) is 0.457. The Morgan fingerprint density at radius 3 is 2.16 bits per heavy atom. The van der Waals surface area contributed by atoms with Crippen molar-refractivity contribution in [3.05, 3.63) is 71.9 Å². The first-order chi connectivity index (χ1) is 15.2. The van der Waals surface area contributed by atoms with Crippen molar-refractivity contribution >= 4 is 23.1 Å². The number of pyridine rings is 1. The predicted molar refractivity (Wildman–Crippen MR) is 114 cm³/mol. The zero-order valence-electron chi connectivity index (χ0n) is 18.2. The molecule has 0 unspecified atom stereocenters.